The Kier molecular flexibility index (Phi) is 4.58. The fraction of sp³-hybridized carbons (Fsp3) is 0.300. The zero-order valence-electron chi connectivity index (χ0n) is 14.7. The van der Waals surface area contributed by atoms with Crippen LogP contribution in [-0.2, 0) is 4.79 Å². The molecule has 2 aromatic carbocycles. The number of anilines is 1. The lowest BCUT2D eigenvalue weighted by atomic mass is 9.88. The first kappa shape index (κ1) is 17.2. The van der Waals surface area contributed by atoms with Crippen LogP contribution in [-0.4, -0.2) is 15.8 Å². The number of fused-ring (bicyclic) bond motifs is 1. The quantitative estimate of drug-likeness (QED) is 0.522. The predicted molar refractivity (Wildman–Crippen MR) is 101 cm³/mol. The number of aromatic nitrogens is 1. The first-order chi connectivity index (χ1) is 13.1. The van der Waals surface area contributed by atoms with Crippen LogP contribution < -0.4 is 5.32 Å². The standard InChI is InChI=1S/C20H19N3O4/c24-19(13-6-2-1-3-7-13)21-16-9-5-4-8-15(16)20-22-17-11-10-14(23(25)26)12-18(17)27-20/h4-5,8-13H,1-3,6-7H2,(H,21,24). The van der Waals surface area contributed by atoms with E-state index in [1.807, 2.05) is 24.3 Å². The number of nitro groups is 1. The van der Waals surface area contributed by atoms with E-state index in [0.29, 0.717) is 28.2 Å². The summed E-state index contributed by atoms with van der Waals surface area (Å²) < 4.78 is 5.75. The van der Waals surface area contributed by atoms with Gasteiger partial charge in [0, 0.05) is 12.0 Å². The van der Waals surface area contributed by atoms with Gasteiger partial charge < -0.3 is 9.73 Å². The molecular formula is C20H19N3O4. The maximum Gasteiger partial charge on any atom is 0.273 e. The molecule has 4 rings (SSSR count). The van der Waals surface area contributed by atoms with Gasteiger partial charge in [-0.1, -0.05) is 31.4 Å². The van der Waals surface area contributed by atoms with Gasteiger partial charge in [0.2, 0.25) is 11.8 Å². The van der Waals surface area contributed by atoms with Crippen molar-refractivity contribution >= 4 is 28.4 Å². The number of hydrogen-bond acceptors (Lipinski definition) is 5. The summed E-state index contributed by atoms with van der Waals surface area (Å²) in [6, 6.07) is 11.6. The highest BCUT2D eigenvalue weighted by atomic mass is 16.6. The molecule has 0 saturated heterocycles. The molecule has 0 spiro atoms. The minimum Gasteiger partial charge on any atom is -0.436 e. The minimum absolute atomic E-state index is 0.0221. The Labute approximate surface area is 155 Å². The number of nitrogens with one attached hydrogen (secondary N) is 1. The average Bonchev–Trinajstić information content (AvgIpc) is 3.12. The van der Waals surface area contributed by atoms with E-state index in [2.05, 4.69) is 10.3 Å². The van der Waals surface area contributed by atoms with Crippen molar-refractivity contribution in [1.82, 2.24) is 4.98 Å². The van der Waals surface area contributed by atoms with Crippen LogP contribution >= 0.6 is 0 Å². The lowest BCUT2D eigenvalue weighted by Gasteiger charge is -2.21. The van der Waals surface area contributed by atoms with E-state index in [4.69, 9.17) is 4.42 Å². The van der Waals surface area contributed by atoms with Crippen LogP contribution in [0, 0.1) is 16.0 Å². The van der Waals surface area contributed by atoms with Crippen LogP contribution in [0.4, 0.5) is 11.4 Å². The lowest BCUT2D eigenvalue weighted by molar-refractivity contribution is -0.384. The third-order valence-corrected chi connectivity index (χ3v) is 4.97. The summed E-state index contributed by atoms with van der Waals surface area (Å²) in [5.74, 6) is 0.386. The van der Waals surface area contributed by atoms with Crippen LogP contribution in [0.25, 0.3) is 22.6 Å². The molecule has 1 aromatic heterocycles. The number of rotatable bonds is 4. The summed E-state index contributed by atoms with van der Waals surface area (Å²) in [5, 5.41) is 13.9. The fourth-order valence-electron chi connectivity index (χ4n) is 3.52. The predicted octanol–water partition coefficient (Wildman–Crippen LogP) is 4.92. The molecule has 7 nitrogen and oxygen atoms in total. The minimum atomic E-state index is -0.472. The molecule has 1 aliphatic carbocycles. The molecule has 0 aliphatic heterocycles. The molecule has 1 heterocycles. The van der Waals surface area contributed by atoms with Crippen molar-refractivity contribution in [1.29, 1.82) is 0 Å². The van der Waals surface area contributed by atoms with Gasteiger partial charge in [-0.15, -0.1) is 0 Å². The van der Waals surface area contributed by atoms with Gasteiger partial charge in [-0.05, 0) is 31.0 Å². The molecule has 0 atom stereocenters. The van der Waals surface area contributed by atoms with Crippen molar-refractivity contribution < 1.29 is 14.1 Å². The van der Waals surface area contributed by atoms with E-state index in [9.17, 15) is 14.9 Å². The number of amides is 1. The number of nitro benzene ring substituents is 1. The third kappa shape index (κ3) is 3.53. The highest BCUT2D eigenvalue weighted by molar-refractivity contribution is 5.96. The number of oxazole rings is 1. The van der Waals surface area contributed by atoms with Gasteiger partial charge in [-0.25, -0.2) is 4.98 Å². The van der Waals surface area contributed by atoms with E-state index in [1.54, 1.807) is 6.07 Å². The number of hydrogen-bond donors (Lipinski definition) is 1. The zero-order chi connectivity index (χ0) is 18.8. The van der Waals surface area contributed by atoms with Gasteiger partial charge in [0.1, 0.15) is 5.52 Å². The molecule has 3 aromatic rings. The summed E-state index contributed by atoms with van der Waals surface area (Å²) in [6.07, 6.45) is 5.20. The zero-order valence-corrected chi connectivity index (χ0v) is 14.7. The van der Waals surface area contributed by atoms with Crippen LogP contribution in [0.3, 0.4) is 0 Å². The van der Waals surface area contributed by atoms with Crippen LogP contribution in [0.15, 0.2) is 46.9 Å². The lowest BCUT2D eigenvalue weighted by Crippen LogP contribution is -2.24. The van der Waals surface area contributed by atoms with Crippen LogP contribution in [0.1, 0.15) is 32.1 Å². The number of benzene rings is 2. The topological polar surface area (TPSA) is 98.3 Å². The van der Waals surface area contributed by atoms with E-state index >= 15 is 0 Å². The first-order valence-corrected chi connectivity index (χ1v) is 9.07. The van der Waals surface area contributed by atoms with Crippen molar-refractivity contribution in [3.63, 3.8) is 0 Å². The molecule has 1 fully saturated rings. The van der Waals surface area contributed by atoms with Gasteiger partial charge >= 0.3 is 0 Å². The fourth-order valence-corrected chi connectivity index (χ4v) is 3.52. The molecule has 7 heteroatoms. The number of nitrogens with zero attached hydrogens (tertiary/aromatic N) is 2. The molecule has 1 saturated carbocycles. The van der Waals surface area contributed by atoms with Gasteiger partial charge in [0.15, 0.2) is 5.58 Å². The number of carbonyl (C=O) groups is 1. The SMILES string of the molecule is O=C(Nc1ccccc1-c1nc2ccc([N+](=O)[O-])cc2o1)C1CCCCC1. The Morgan fingerprint density at radius 1 is 1.15 bits per heavy atom. The van der Waals surface area contributed by atoms with E-state index in [0.717, 1.165) is 25.7 Å². The van der Waals surface area contributed by atoms with Crippen LogP contribution in [0.2, 0.25) is 0 Å². The van der Waals surface area contributed by atoms with Gasteiger partial charge in [0.25, 0.3) is 5.69 Å². The van der Waals surface area contributed by atoms with E-state index in [-0.39, 0.29) is 17.5 Å². The molecule has 0 bridgehead atoms. The Balaban J connectivity index is 1.65. The van der Waals surface area contributed by atoms with Gasteiger partial charge in [-0.3, -0.25) is 14.9 Å². The monoisotopic (exact) mass is 365 g/mol. The second-order valence-corrected chi connectivity index (χ2v) is 6.80. The summed E-state index contributed by atoms with van der Waals surface area (Å²) >= 11 is 0. The van der Waals surface area contributed by atoms with Crippen LogP contribution in [0.5, 0.6) is 0 Å². The second-order valence-electron chi connectivity index (χ2n) is 6.80. The van der Waals surface area contributed by atoms with E-state index < -0.39 is 4.92 Å². The molecule has 138 valence electrons. The normalized spacial score (nSPS) is 15.0. The first-order valence-electron chi connectivity index (χ1n) is 9.07. The van der Waals surface area contributed by atoms with Crippen molar-refractivity contribution in [2.45, 2.75) is 32.1 Å². The van der Waals surface area contributed by atoms with Crippen molar-refractivity contribution in [3.8, 4) is 11.5 Å². The Hall–Kier alpha value is -3.22. The van der Waals surface area contributed by atoms with Crippen molar-refractivity contribution in [2.75, 3.05) is 5.32 Å². The summed E-state index contributed by atoms with van der Waals surface area (Å²) in [4.78, 5) is 27.5. The Morgan fingerprint density at radius 2 is 1.93 bits per heavy atom. The molecule has 27 heavy (non-hydrogen) atoms. The molecule has 0 radical (unpaired) electrons. The number of non-ortho nitro benzene ring substituents is 1. The van der Waals surface area contributed by atoms with Crippen molar-refractivity contribution in [3.05, 3.63) is 52.6 Å². The Bertz CT molecular complexity index is 1010. The third-order valence-electron chi connectivity index (χ3n) is 4.97. The highest BCUT2D eigenvalue weighted by Gasteiger charge is 2.23. The summed E-state index contributed by atoms with van der Waals surface area (Å²) in [5.41, 5.74) is 2.11. The number of carbonyl (C=O) groups excluding carboxylic acids is 1. The smallest absolute Gasteiger partial charge is 0.273 e. The molecule has 1 N–H and O–H groups in total. The average molecular weight is 365 g/mol. The summed E-state index contributed by atoms with van der Waals surface area (Å²) in [6.45, 7) is 0. The van der Waals surface area contributed by atoms with Gasteiger partial charge in [0.05, 0.1) is 22.2 Å². The molecule has 1 aliphatic rings. The van der Waals surface area contributed by atoms with E-state index in [1.165, 1.54) is 18.6 Å². The molecule has 0 unspecified atom stereocenters. The number of para-hydroxylation sites is 1. The largest absolute Gasteiger partial charge is 0.436 e. The molecular weight excluding hydrogens is 346 g/mol. The molecule has 1 amide bonds. The maximum absolute atomic E-state index is 12.6. The van der Waals surface area contributed by atoms with Gasteiger partial charge in [-0.2, -0.15) is 0 Å². The summed E-state index contributed by atoms with van der Waals surface area (Å²) in [7, 11) is 0. The maximum atomic E-state index is 12.6. The Morgan fingerprint density at radius 3 is 2.70 bits per heavy atom. The van der Waals surface area contributed by atoms with Crippen molar-refractivity contribution in [2.24, 2.45) is 5.92 Å². The highest BCUT2D eigenvalue weighted by Crippen LogP contribution is 2.32. The second kappa shape index (κ2) is 7.19.